The normalized spacial score (nSPS) is 10.4. The molecule has 0 aliphatic heterocycles. The molecule has 126 valence electrons. The van der Waals surface area contributed by atoms with Gasteiger partial charge in [-0.05, 0) is 29.5 Å². The van der Waals surface area contributed by atoms with Crippen molar-refractivity contribution in [3.8, 4) is 11.1 Å². The van der Waals surface area contributed by atoms with Crippen LogP contribution in [0.15, 0.2) is 48.5 Å². The molecule has 0 saturated carbocycles. The summed E-state index contributed by atoms with van der Waals surface area (Å²) in [4.78, 5) is 23.2. The molecule has 2 aromatic rings. The quantitative estimate of drug-likeness (QED) is 0.516. The zero-order valence-corrected chi connectivity index (χ0v) is 14.4. The minimum atomic E-state index is -0.273. The Labute approximate surface area is 143 Å². The summed E-state index contributed by atoms with van der Waals surface area (Å²) in [5, 5.41) is 0. The number of carbonyl (C=O) groups is 2. The van der Waals surface area contributed by atoms with E-state index in [2.05, 4.69) is 35.9 Å². The lowest BCUT2D eigenvalue weighted by atomic mass is 9.99. The predicted molar refractivity (Wildman–Crippen MR) is 96.1 cm³/mol. The fraction of sp³-hybridized carbons (Fsp3) is 0.333. The first-order chi connectivity index (χ1) is 11.6. The van der Waals surface area contributed by atoms with Gasteiger partial charge in [-0.1, -0.05) is 61.9 Å². The molecule has 0 atom stereocenters. The lowest BCUT2D eigenvalue weighted by Crippen LogP contribution is -2.03. The summed E-state index contributed by atoms with van der Waals surface area (Å²) in [5.74, 6) is -0.214. The molecule has 3 heteroatoms. The summed E-state index contributed by atoms with van der Waals surface area (Å²) in [5.41, 5.74) is 4.29. The van der Waals surface area contributed by atoms with Crippen LogP contribution < -0.4 is 0 Å². The van der Waals surface area contributed by atoms with Crippen LogP contribution in [0, 0.1) is 0 Å². The van der Waals surface area contributed by atoms with E-state index in [0.717, 1.165) is 24.0 Å². The number of rotatable bonds is 8. The van der Waals surface area contributed by atoms with Crippen molar-refractivity contribution in [2.45, 2.75) is 39.0 Å². The number of methoxy groups -OCH3 is 1. The molecule has 3 nitrogen and oxygen atoms in total. The molecule has 0 aromatic heterocycles. The van der Waals surface area contributed by atoms with Gasteiger partial charge in [0.25, 0.3) is 0 Å². The van der Waals surface area contributed by atoms with Crippen LogP contribution in [-0.2, 0) is 16.0 Å². The van der Waals surface area contributed by atoms with Crippen LogP contribution in [0.2, 0.25) is 0 Å². The lowest BCUT2D eigenvalue weighted by Gasteiger charge is -2.06. The fourth-order valence-corrected chi connectivity index (χ4v) is 2.64. The first kappa shape index (κ1) is 17.9. The molecule has 0 unspecified atom stereocenters. The number of ketones is 1. The smallest absolute Gasteiger partial charge is 0.305 e. The van der Waals surface area contributed by atoms with Crippen molar-refractivity contribution in [3.63, 3.8) is 0 Å². The van der Waals surface area contributed by atoms with Gasteiger partial charge in [0.05, 0.1) is 7.11 Å². The van der Waals surface area contributed by atoms with Crippen molar-refractivity contribution in [1.82, 2.24) is 0 Å². The molecule has 0 bridgehead atoms. The number of hydrogen-bond acceptors (Lipinski definition) is 3. The Bertz CT molecular complexity index is 669. The second kappa shape index (κ2) is 9.02. The van der Waals surface area contributed by atoms with Crippen molar-refractivity contribution in [2.24, 2.45) is 0 Å². The van der Waals surface area contributed by atoms with Crippen molar-refractivity contribution in [2.75, 3.05) is 7.11 Å². The molecular formula is C21H24O3. The SMILES string of the molecule is CCCc1ccc(-c2ccc(C(=O)CCCC(=O)OC)cc2)cc1. The first-order valence-electron chi connectivity index (χ1n) is 8.43. The second-order valence-electron chi connectivity index (χ2n) is 5.88. The van der Waals surface area contributed by atoms with Crippen LogP contribution in [0.3, 0.4) is 0 Å². The van der Waals surface area contributed by atoms with Gasteiger partial charge >= 0.3 is 5.97 Å². The maximum atomic E-state index is 12.1. The highest BCUT2D eigenvalue weighted by molar-refractivity contribution is 5.96. The van der Waals surface area contributed by atoms with Crippen LogP contribution in [-0.4, -0.2) is 18.9 Å². The molecule has 0 saturated heterocycles. The molecule has 0 aliphatic rings. The van der Waals surface area contributed by atoms with E-state index in [4.69, 9.17) is 0 Å². The van der Waals surface area contributed by atoms with Gasteiger partial charge < -0.3 is 4.74 Å². The highest BCUT2D eigenvalue weighted by Crippen LogP contribution is 2.21. The van der Waals surface area contributed by atoms with Gasteiger partial charge in [0.15, 0.2) is 5.78 Å². The van der Waals surface area contributed by atoms with E-state index in [9.17, 15) is 9.59 Å². The Hall–Kier alpha value is -2.42. The Balaban J connectivity index is 1.96. The molecule has 0 fully saturated rings. The number of aryl methyl sites for hydroxylation is 1. The minimum absolute atomic E-state index is 0.0590. The third-order valence-corrected chi connectivity index (χ3v) is 4.05. The molecule has 0 amide bonds. The van der Waals surface area contributed by atoms with Gasteiger partial charge in [0.2, 0.25) is 0 Å². The molecule has 0 N–H and O–H groups in total. The van der Waals surface area contributed by atoms with E-state index in [-0.39, 0.29) is 18.2 Å². The molecule has 0 spiro atoms. The second-order valence-corrected chi connectivity index (χ2v) is 5.88. The monoisotopic (exact) mass is 324 g/mol. The van der Waals surface area contributed by atoms with Gasteiger partial charge in [-0.15, -0.1) is 0 Å². The van der Waals surface area contributed by atoms with E-state index >= 15 is 0 Å². The highest BCUT2D eigenvalue weighted by Gasteiger charge is 2.08. The summed E-state index contributed by atoms with van der Waals surface area (Å²) < 4.78 is 4.58. The van der Waals surface area contributed by atoms with Crippen LogP contribution in [0.1, 0.15) is 48.5 Å². The Morgan fingerprint density at radius 3 is 2.00 bits per heavy atom. The maximum absolute atomic E-state index is 12.1. The lowest BCUT2D eigenvalue weighted by molar-refractivity contribution is -0.140. The maximum Gasteiger partial charge on any atom is 0.305 e. The topological polar surface area (TPSA) is 43.4 Å². The Morgan fingerprint density at radius 2 is 1.46 bits per heavy atom. The summed E-state index contributed by atoms with van der Waals surface area (Å²) >= 11 is 0. The van der Waals surface area contributed by atoms with E-state index in [0.29, 0.717) is 18.4 Å². The molecule has 2 rings (SSSR count). The zero-order valence-electron chi connectivity index (χ0n) is 14.4. The Morgan fingerprint density at radius 1 is 0.875 bits per heavy atom. The standard InChI is InChI=1S/C21H24O3/c1-3-5-16-8-10-17(11-9-16)18-12-14-19(15-13-18)20(22)6-4-7-21(23)24-2/h8-15H,3-7H2,1-2H3. The van der Waals surface area contributed by atoms with Crippen LogP contribution >= 0.6 is 0 Å². The molecule has 2 aromatic carbocycles. The van der Waals surface area contributed by atoms with Gasteiger partial charge in [-0.2, -0.15) is 0 Å². The average molecular weight is 324 g/mol. The van der Waals surface area contributed by atoms with Crippen LogP contribution in [0.5, 0.6) is 0 Å². The summed E-state index contributed by atoms with van der Waals surface area (Å²) in [6.45, 7) is 2.18. The van der Waals surface area contributed by atoms with Crippen molar-refractivity contribution >= 4 is 11.8 Å². The van der Waals surface area contributed by atoms with Gasteiger partial charge in [-0.25, -0.2) is 0 Å². The largest absolute Gasteiger partial charge is 0.469 e. The number of benzene rings is 2. The van der Waals surface area contributed by atoms with E-state index in [1.807, 2.05) is 24.3 Å². The third-order valence-electron chi connectivity index (χ3n) is 4.05. The van der Waals surface area contributed by atoms with E-state index in [1.54, 1.807) is 0 Å². The third kappa shape index (κ3) is 5.05. The van der Waals surface area contributed by atoms with Crippen molar-refractivity contribution < 1.29 is 14.3 Å². The molecule has 0 radical (unpaired) electrons. The molecule has 24 heavy (non-hydrogen) atoms. The van der Waals surface area contributed by atoms with Crippen molar-refractivity contribution in [3.05, 3.63) is 59.7 Å². The fourth-order valence-electron chi connectivity index (χ4n) is 2.64. The van der Waals surface area contributed by atoms with E-state index < -0.39 is 0 Å². The number of Topliss-reactive ketones (excluding diaryl/α,β-unsaturated/α-hetero) is 1. The first-order valence-corrected chi connectivity index (χ1v) is 8.43. The van der Waals surface area contributed by atoms with Gasteiger partial charge in [0, 0.05) is 18.4 Å². The van der Waals surface area contributed by atoms with E-state index in [1.165, 1.54) is 12.7 Å². The number of hydrogen-bond donors (Lipinski definition) is 0. The summed E-state index contributed by atoms with van der Waals surface area (Å²) in [6.07, 6.45) is 3.40. The zero-order chi connectivity index (χ0) is 17.4. The molecular weight excluding hydrogens is 300 g/mol. The number of carbonyl (C=O) groups excluding carboxylic acids is 2. The Kier molecular flexibility index (Phi) is 6.74. The predicted octanol–water partition coefficient (Wildman–Crippen LogP) is 4.83. The number of esters is 1. The highest BCUT2D eigenvalue weighted by atomic mass is 16.5. The molecule has 0 aliphatic carbocycles. The van der Waals surface area contributed by atoms with Crippen molar-refractivity contribution in [1.29, 1.82) is 0 Å². The number of ether oxygens (including phenoxy) is 1. The van der Waals surface area contributed by atoms with Gasteiger partial charge in [0.1, 0.15) is 0 Å². The van der Waals surface area contributed by atoms with Crippen LogP contribution in [0.25, 0.3) is 11.1 Å². The molecule has 0 heterocycles. The average Bonchev–Trinajstić information content (AvgIpc) is 2.62. The summed E-state index contributed by atoms with van der Waals surface area (Å²) in [6, 6.07) is 16.2. The minimum Gasteiger partial charge on any atom is -0.469 e. The van der Waals surface area contributed by atoms with Crippen LogP contribution in [0.4, 0.5) is 0 Å². The van der Waals surface area contributed by atoms with Gasteiger partial charge in [-0.3, -0.25) is 9.59 Å². The summed E-state index contributed by atoms with van der Waals surface area (Å²) in [7, 11) is 1.36.